The van der Waals surface area contributed by atoms with Crippen LogP contribution in [0.5, 0.6) is 11.5 Å². The van der Waals surface area contributed by atoms with E-state index in [9.17, 15) is 4.79 Å². The number of hydrogen-bond donors (Lipinski definition) is 1. The van der Waals surface area contributed by atoms with Crippen LogP contribution in [0.25, 0.3) is 0 Å². The molecule has 0 fully saturated rings. The second-order valence-corrected chi connectivity index (χ2v) is 9.37. The minimum Gasteiger partial charge on any atom is -0.493 e. The zero-order valence-electron chi connectivity index (χ0n) is 20.8. The lowest BCUT2D eigenvalue weighted by atomic mass is 9.86. The highest BCUT2D eigenvalue weighted by molar-refractivity contribution is 6.33. The number of hydrogen-bond acceptors (Lipinski definition) is 4. The van der Waals surface area contributed by atoms with Gasteiger partial charge in [0.05, 0.1) is 30.8 Å². The molecule has 0 radical (unpaired) electrons. The zero-order valence-corrected chi connectivity index (χ0v) is 21.6. The van der Waals surface area contributed by atoms with Gasteiger partial charge in [-0.15, -0.1) is 0 Å². The topological polar surface area (TPSA) is 50.8 Å². The number of nitrogens with zero attached hydrogens (tertiary/aromatic N) is 1. The molecular formula is C29H33ClN2O3. The van der Waals surface area contributed by atoms with E-state index in [1.54, 1.807) is 26.4 Å². The van der Waals surface area contributed by atoms with Crippen molar-refractivity contribution in [3.8, 4) is 11.5 Å². The fraction of sp³-hybridized carbons (Fsp3) is 0.345. The minimum atomic E-state index is -0.161. The summed E-state index contributed by atoms with van der Waals surface area (Å²) in [7, 11) is 3.32. The molecule has 3 aromatic rings. The van der Waals surface area contributed by atoms with Crippen molar-refractivity contribution in [1.29, 1.82) is 0 Å². The van der Waals surface area contributed by atoms with E-state index in [2.05, 4.69) is 60.5 Å². The largest absolute Gasteiger partial charge is 0.493 e. The number of amides is 1. The first-order chi connectivity index (χ1) is 17.0. The van der Waals surface area contributed by atoms with Crippen LogP contribution in [0, 0.1) is 6.92 Å². The van der Waals surface area contributed by atoms with Gasteiger partial charge in [-0.2, -0.15) is 0 Å². The molecule has 0 saturated carbocycles. The SMILES string of the molecule is CCC(NC(=O)c1ccccc1Cl)C1c2cc(OC)c(OC)cc2CCN1Cc1ccccc1C. The minimum absolute atomic E-state index is 0.0328. The highest BCUT2D eigenvalue weighted by Gasteiger charge is 2.35. The quantitative estimate of drug-likeness (QED) is 0.420. The van der Waals surface area contributed by atoms with Crippen LogP contribution >= 0.6 is 11.6 Å². The normalized spacial score (nSPS) is 16.3. The number of carbonyl (C=O) groups excluding carboxylic acids is 1. The predicted octanol–water partition coefficient (Wildman–Crippen LogP) is 5.97. The molecule has 3 aromatic carbocycles. The molecule has 0 aromatic heterocycles. The zero-order chi connectivity index (χ0) is 24.9. The molecule has 184 valence electrons. The van der Waals surface area contributed by atoms with Crippen molar-refractivity contribution in [2.24, 2.45) is 0 Å². The van der Waals surface area contributed by atoms with E-state index < -0.39 is 0 Å². The Morgan fingerprint density at radius 2 is 1.77 bits per heavy atom. The van der Waals surface area contributed by atoms with Crippen molar-refractivity contribution in [2.75, 3.05) is 20.8 Å². The van der Waals surface area contributed by atoms with E-state index in [1.807, 2.05) is 12.1 Å². The molecular weight excluding hydrogens is 460 g/mol. The van der Waals surface area contributed by atoms with Crippen LogP contribution in [0.2, 0.25) is 5.02 Å². The lowest BCUT2D eigenvalue weighted by Gasteiger charge is -2.42. The number of ether oxygens (including phenoxy) is 2. The third-order valence-corrected chi connectivity index (χ3v) is 7.25. The molecule has 1 heterocycles. The van der Waals surface area contributed by atoms with Gasteiger partial charge in [0, 0.05) is 19.1 Å². The van der Waals surface area contributed by atoms with Gasteiger partial charge in [0.25, 0.3) is 5.91 Å². The summed E-state index contributed by atoms with van der Waals surface area (Å²) in [5, 5.41) is 3.74. The number of methoxy groups -OCH3 is 2. The molecule has 4 rings (SSSR count). The maximum absolute atomic E-state index is 13.3. The summed E-state index contributed by atoms with van der Waals surface area (Å²) in [6.07, 6.45) is 1.66. The van der Waals surface area contributed by atoms with Gasteiger partial charge >= 0.3 is 0 Å². The number of rotatable bonds is 8. The monoisotopic (exact) mass is 492 g/mol. The first-order valence-electron chi connectivity index (χ1n) is 12.1. The Hall–Kier alpha value is -3.02. The number of fused-ring (bicyclic) bond motifs is 1. The molecule has 35 heavy (non-hydrogen) atoms. The predicted molar refractivity (Wildman–Crippen MR) is 141 cm³/mol. The van der Waals surface area contributed by atoms with Gasteiger partial charge < -0.3 is 14.8 Å². The molecule has 0 bridgehead atoms. The summed E-state index contributed by atoms with van der Waals surface area (Å²) < 4.78 is 11.2. The lowest BCUT2D eigenvalue weighted by molar-refractivity contribution is 0.0859. The van der Waals surface area contributed by atoms with Crippen molar-refractivity contribution in [3.05, 3.63) is 93.5 Å². The van der Waals surface area contributed by atoms with E-state index in [0.29, 0.717) is 16.3 Å². The number of nitrogens with one attached hydrogen (secondary N) is 1. The van der Waals surface area contributed by atoms with E-state index >= 15 is 0 Å². The average Bonchev–Trinajstić information content (AvgIpc) is 2.88. The smallest absolute Gasteiger partial charge is 0.253 e. The summed E-state index contributed by atoms with van der Waals surface area (Å²) in [6, 6.07) is 19.6. The van der Waals surface area contributed by atoms with E-state index in [-0.39, 0.29) is 18.0 Å². The van der Waals surface area contributed by atoms with Crippen molar-refractivity contribution in [3.63, 3.8) is 0 Å². The van der Waals surface area contributed by atoms with Gasteiger partial charge in [-0.25, -0.2) is 0 Å². The molecule has 2 unspecified atom stereocenters. The van der Waals surface area contributed by atoms with Crippen LogP contribution in [0.4, 0.5) is 0 Å². The highest BCUT2D eigenvalue weighted by Crippen LogP contribution is 2.41. The average molecular weight is 493 g/mol. The maximum Gasteiger partial charge on any atom is 0.253 e. The van der Waals surface area contributed by atoms with Gasteiger partial charge in [0.1, 0.15) is 0 Å². The molecule has 0 saturated heterocycles. The molecule has 6 heteroatoms. The molecule has 5 nitrogen and oxygen atoms in total. The van der Waals surface area contributed by atoms with Gasteiger partial charge in [-0.1, -0.05) is 54.9 Å². The fourth-order valence-electron chi connectivity index (χ4n) is 4.98. The number of halogens is 1. The van der Waals surface area contributed by atoms with Crippen LogP contribution in [-0.4, -0.2) is 37.6 Å². The van der Waals surface area contributed by atoms with Crippen molar-refractivity contribution < 1.29 is 14.3 Å². The number of benzene rings is 3. The Labute approximate surface area is 213 Å². The Bertz CT molecular complexity index is 1200. The summed E-state index contributed by atoms with van der Waals surface area (Å²) in [5.41, 5.74) is 5.42. The van der Waals surface area contributed by atoms with Crippen LogP contribution in [0.1, 0.15) is 52.0 Å². The highest BCUT2D eigenvalue weighted by atomic mass is 35.5. The van der Waals surface area contributed by atoms with Crippen LogP contribution in [0.3, 0.4) is 0 Å². The van der Waals surface area contributed by atoms with E-state index in [0.717, 1.165) is 37.2 Å². The summed E-state index contributed by atoms with van der Waals surface area (Å²) >= 11 is 6.34. The Morgan fingerprint density at radius 1 is 1.09 bits per heavy atom. The molecule has 1 N–H and O–H groups in total. The lowest BCUT2D eigenvalue weighted by Crippen LogP contribution is -2.48. The molecule has 1 aliphatic rings. The first kappa shape index (κ1) is 25.1. The van der Waals surface area contributed by atoms with E-state index in [1.165, 1.54) is 16.7 Å². The van der Waals surface area contributed by atoms with Crippen molar-refractivity contribution >= 4 is 17.5 Å². The fourth-order valence-corrected chi connectivity index (χ4v) is 5.20. The van der Waals surface area contributed by atoms with Crippen LogP contribution in [0.15, 0.2) is 60.7 Å². The summed E-state index contributed by atoms with van der Waals surface area (Å²) in [4.78, 5) is 15.7. The second-order valence-electron chi connectivity index (χ2n) is 8.97. The second kappa shape index (κ2) is 11.1. The maximum atomic E-state index is 13.3. The van der Waals surface area contributed by atoms with Gasteiger partial charge in [0.15, 0.2) is 11.5 Å². The summed E-state index contributed by atoms with van der Waals surface area (Å²) in [6.45, 7) is 5.93. The first-order valence-corrected chi connectivity index (χ1v) is 12.4. The third-order valence-electron chi connectivity index (χ3n) is 6.92. The molecule has 1 amide bonds. The van der Waals surface area contributed by atoms with Crippen molar-refractivity contribution in [1.82, 2.24) is 10.2 Å². The molecule has 1 aliphatic heterocycles. The van der Waals surface area contributed by atoms with Crippen LogP contribution < -0.4 is 14.8 Å². The third kappa shape index (κ3) is 5.31. The van der Waals surface area contributed by atoms with Gasteiger partial charge in [-0.05, 0) is 66.3 Å². The standard InChI is InChI=1S/C29H33ClN2O3/c1-5-25(31-29(33)22-12-8-9-13-24(22)30)28-23-17-27(35-4)26(34-3)16-20(23)14-15-32(28)18-21-11-7-6-10-19(21)2/h6-13,16-17,25,28H,5,14-15,18H2,1-4H3,(H,31,33). The molecule has 2 atom stereocenters. The van der Waals surface area contributed by atoms with Gasteiger partial charge in [0.2, 0.25) is 0 Å². The number of carbonyl (C=O) groups is 1. The van der Waals surface area contributed by atoms with Crippen molar-refractivity contribution in [2.45, 2.75) is 45.3 Å². The Morgan fingerprint density at radius 3 is 2.46 bits per heavy atom. The Kier molecular flexibility index (Phi) is 7.99. The van der Waals surface area contributed by atoms with Crippen LogP contribution in [-0.2, 0) is 13.0 Å². The summed E-state index contributed by atoms with van der Waals surface area (Å²) in [5.74, 6) is 1.26. The molecule has 0 spiro atoms. The van der Waals surface area contributed by atoms with Gasteiger partial charge in [-0.3, -0.25) is 9.69 Å². The molecule has 0 aliphatic carbocycles. The number of aryl methyl sites for hydroxylation is 1. The van der Waals surface area contributed by atoms with E-state index in [4.69, 9.17) is 21.1 Å². The Balaban J connectivity index is 1.74.